The normalized spacial score (nSPS) is 16.1. The Kier molecular flexibility index (Phi) is 5.10. The highest BCUT2D eigenvalue weighted by Gasteiger charge is 2.37. The Morgan fingerprint density at radius 1 is 1.00 bits per heavy atom. The summed E-state index contributed by atoms with van der Waals surface area (Å²) in [6.45, 7) is 0. The maximum Gasteiger partial charge on any atom is 0.171 e. The van der Waals surface area contributed by atoms with E-state index in [9.17, 15) is 0 Å². The molecule has 2 nitrogen and oxygen atoms in total. The van der Waals surface area contributed by atoms with E-state index in [1.807, 2.05) is 42.5 Å². The molecule has 1 aliphatic carbocycles. The van der Waals surface area contributed by atoms with Crippen molar-refractivity contribution in [1.29, 1.82) is 0 Å². The van der Waals surface area contributed by atoms with Crippen molar-refractivity contribution in [3.63, 3.8) is 0 Å². The van der Waals surface area contributed by atoms with Gasteiger partial charge in [0.2, 0.25) is 0 Å². The van der Waals surface area contributed by atoms with E-state index in [1.165, 1.54) is 0 Å². The van der Waals surface area contributed by atoms with Crippen LogP contribution in [0.3, 0.4) is 0 Å². The van der Waals surface area contributed by atoms with Gasteiger partial charge in [0.15, 0.2) is 5.11 Å². The molecule has 1 saturated carbocycles. The monoisotopic (exact) mass is 364 g/mol. The standard InChI is InChI=1S/C18H18Cl2N2S/c19-13-6-5-7-14(12-13)21-17(23)22-18(10-3-4-11-18)15-8-1-2-9-16(15)20/h1-2,5-9,12H,3-4,10-11H2,(H2,21,22,23). The van der Waals surface area contributed by atoms with Gasteiger partial charge in [-0.2, -0.15) is 0 Å². The molecule has 1 aliphatic rings. The zero-order valence-electron chi connectivity index (χ0n) is 12.6. The average Bonchev–Trinajstić information content (AvgIpc) is 2.97. The van der Waals surface area contributed by atoms with Crippen molar-refractivity contribution < 1.29 is 0 Å². The Hall–Kier alpha value is -1.29. The lowest BCUT2D eigenvalue weighted by atomic mass is 9.88. The average molecular weight is 365 g/mol. The number of nitrogens with one attached hydrogen (secondary N) is 2. The molecule has 2 aromatic carbocycles. The van der Waals surface area contributed by atoms with Crippen LogP contribution in [0.4, 0.5) is 5.69 Å². The Bertz CT molecular complexity index is 712. The molecule has 120 valence electrons. The summed E-state index contributed by atoms with van der Waals surface area (Å²) in [4.78, 5) is 0. The summed E-state index contributed by atoms with van der Waals surface area (Å²) in [5.41, 5.74) is 1.80. The van der Waals surface area contributed by atoms with Crippen LogP contribution in [0.2, 0.25) is 10.0 Å². The molecule has 0 atom stereocenters. The van der Waals surface area contributed by atoms with Crippen molar-refractivity contribution in [3.05, 3.63) is 64.1 Å². The van der Waals surface area contributed by atoms with Gasteiger partial charge in [-0.15, -0.1) is 0 Å². The zero-order valence-corrected chi connectivity index (χ0v) is 14.9. The molecule has 23 heavy (non-hydrogen) atoms. The fourth-order valence-corrected chi connectivity index (χ4v) is 4.06. The minimum Gasteiger partial charge on any atom is -0.353 e. The third-order valence-electron chi connectivity index (χ3n) is 4.28. The van der Waals surface area contributed by atoms with Crippen LogP contribution in [0.1, 0.15) is 31.2 Å². The zero-order chi connectivity index (χ0) is 16.3. The maximum atomic E-state index is 6.44. The van der Waals surface area contributed by atoms with Crippen molar-refractivity contribution >= 4 is 46.2 Å². The topological polar surface area (TPSA) is 24.1 Å². The Morgan fingerprint density at radius 3 is 2.43 bits per heavy atom. The third-order valence-corrected chi connectivity index (χ3v) is 5.05. The molecular weight excluding hydrogens is 347 g/mol. The molecule has 0 spiro atoms. The van der Waals surface area contributed by atoms with Crippen molar-refractivity contribution in [2.24, 2.45) is 0 Å². The fraction of sp³-hybridized carbons (Fsp3) is 0.278. The molecule has 0 unspecified atom stereocenters. The van der Waals surface area contributed by atoms with Crippen LogP contribution in [0.25, 0.3) is 0 Å². The largest absolute Gasteiger partial charge is 0.353 e. The second kappa shape index (κ2) is 7.08. The van der Waals surface area contributed by atoms with Crippen molar-refractivity contribution in [1.82, 2.24) is 5.32 Å². The molecule has 2 N–H and O–H groups in total. The number of thiocarbonyl (C=S) groups is 1. The lowest BCUT2D eigenvalue weighted by Gasteiger charge is -2.33. The molecule has 0 saturated heterocycles. The van der Waals surface area contributed by atoms with Crippen molar-refractivity contribution in [2.75, 3.05) is 5.32 Å². The highest BCUT2D eigenvalue weighted by molar-refractivity contribution is 7.80. The highest BCUT2D eigenvalue weighted by atomic mass is 35.5. The molecule has 0 heterocycles. The van der Waals surface area contributed by atoms with Crippen LogP contribution in [-0.2, 0) is 5.54 Å². The van der Waals surface area contributed by atoms with E-state index in [1.54, 1.807) is 0 Å². The quantitative estimate of drug-likeness (QED) is 0.678. The van der Waals surface area contributed by atoms with Crippen molar-refractivity contribution in [2.45, 2.75) is 31.2 Å². The Balaban J connectivity index is 1.80. The number of rotatable bonds is 3. The van der Waals surface area contributed by atoms with Crippen LogP contribution < -0.4 is 10.6 Å². The van der Waals surface area contributed by atoms with E-state index in [2.05, 4.69) is 16.7 Å². The first kappa shape index (κ1) is 16.6. The Labute approximate surface area is 152 Å². The summed E-state index contributed by atoms with van der Waals surface area (Å²) < 4.78 is 0. The van der Waals surface area contributed by atoms with E-state index in [0.717, 1.165) is 42.0 Å². The first-order valence-electron chi connectivity index (χ1n) is 7.69. The van der Waals surface area contributed by atoms with Gasteiger partial charge < -0.3 is 10.6 Å². The van der Waals surface area contributed by atoms with Gasteiger partial charge in [-0.05, 0) is 54.9 Å². The molecular formula is C18H18Cl2N2S. The van der Waals surface area contributed by atoms with Crippen LogP contribution in [0.15, 0.2) is 48.5 Å². The molecule has 0 aliphatic heterocycles. The lowest BCUT2D eigenvalue weighted by molar-refractivity contribution is 0.408. The van der Waals surface area contributed by atoms with Gasteiger partial charge in [0.05, 0.1) is 5.54 Å². The van der Waals surface area contributed by atoms with Crippen LogP contribution in [-0.4, -0.2) is 5.11 Å². The summed E-state index contributed by atoms with van der Waals surface area (Å²) >= 11 is 18.0. The summed E-state index contributed by atoms with van der Waals surface area (Å²) in [7, 11) is 0. The number of anilines is 1. The van der Waals surface area contributed by atoms with Gasteiger partial charge >= 0.3 is 0 Å². The fourth-order valence-electron chi connectivity index (χ4n) is 3.24. The maximum absolute atomic E-state index is 6.44. The molecule has 1 fully saturated rings. The van der Waals surface area contributed by atoms with Crippen molar-refractivity contribution in [3.8, 4) is 0 Å². The third kappa shape index (κ3) is 3.79. The molecule has 5 heteroatoms. The van der Waals surface area contributed by atoms with Gasteiger partial charge in [-0.1, -0.05) is 60.3 Å². The smallest absolute Gasteiger partial charge is 0.171 e. The highest BCUT2D eigenvalue weighted by Crippen LogP contribution is 2.41. The number of hydrogen-bond donors (Lipinski definition) is 2. The molecule has 0 amide bonds. The molecule has 0 radical (unpaired) electrons. The van der Waals surface area contributed by atoms with Gasteiger partial charge in [-0.25, -0.2) is 0 Å². The summed E-state index contributed by atoms with van der Waals surface area (Å²) in [5, 5.41) is 8.78. The summed E-state index contributed by atoms with van der Waals surface area (Å²) in [5.74, 6) is 0. The van der Waals surface area contributed by atoms with E-state index in [-0.39, 0.29) is 5.54 Å². The molecule has 2 aromatic rings. The first-order valence-corrected chi connectivity index (χ1v) is 8.85. The van der Waals surface area contributed by atoms with E-state index in [0.29, 0.717) is 10.1 Å². The van der Waals surface area contributed by atoms with Gasteiger partial charge in [0, 0.05) is 15.7 Å². The molecule has 0 aromatic heterocycles. The minimum absolute atomic E-state index is 0.193. The van der Waals surface area contributed by atoms with Crippen LogP contribution in [0.5, 0.6) is 0 Å². The van der Waals surface area contributed by atoms with E-state index >= 15 is 0 Å². The lowest BCUT2D eigenvalue weighted by Crippen LogP contribution is -2.45. The van der Waals surface area contributed by atoms with Gasteiger partial charge in [0.25, 0.3) is 0 Å². The number of halogens is 2. The van der Waals surface area contributed by atoms with Gasteiger partial charge in [-0.3, -0.25) is 0 Å². The number of hydrogen-bond acceptors (Lipinski definition) is 1. The van der Waals surface area contributed by atoms with E-state index in [4.69, 9.17) is 35.4 Å². The second-order valence-electron chi connectivity index (χ2n) is 5.86. The second-order valence-corrected chi connectivity index (χ2v) is 7.11. The summed E-state index contributed by atoms with van der Waals surface area (Å²) in [6, 6.07) is 15.5. The summed E-state index contributed by atoms with van der Waals surface area (Å²) in [6.07, 6.45) is 4.37. The predicted octanol–water partition coefficient (Wildman–Crippen LogP) is 5.75. The predicted molar refractivity (Wildman–Crippen MR) is 102 cm³/mol. The van der Waals surface area contributed by atoms with Crippen LogP contribution in [0, 0.1) is 0 Å². The first-order chi connectivity index (χ1) is 11.1. The minimum atomic E-state index is -0.193. The Morgan fingerprint density at radius 2 is 1.74 bits per heavy atom. The van der Waals surface area contributed by atoms with Crippen LogP contribution >= 0.6 is 35.4 Å². The van der Waals surface area contributed by atoms with Gasteiger partial charge in [0.1, 0.15) is 0 Å². The SMILES string of the molecule is S=C(Nc1cccc(Cl)c1)NC1(c2ccccc2Cl)CCCC1. The number of benzene rings is 2. The van der Waals surface area contributed by atoms with E-state index < -0.39 is 0 Å². The molecule has 3 rings (SSSR count). The molecule has 0 bridgehead atoms.